The van der Waals surface area contributed by atoms with E-state index in [9.17, 15) is 4.79 Å². The number of ether oxygens (including phenoxy) is 1. The van der Waals surface area contributed by atoms with Crippen LogP contribution in [-0.4, -0.2) is 29.0 Å². The van der Waals surface area contributed by atoms with E-state index in [2.05, 4.69) is 26.0 Å². The van der Waals surface area contributed by atoms with Crippen molar-refractivity contribution in [3.05, 3.63) is 29.8 Å². The molecule has 0 aliphatic heterocycles. The fraction of sp³-hybridized carbons (Fsp3) is 0.611. The lowest BCUT2D eigenvalue weighted by atomic mass is 10.0. The fourth-order valence-electron chi connectivity index (χ4n) is 2.50. The lowest BCUT2D eigenvalue weighted by Gasteiger charge is -2.33. The zero-order valence-corrected chi connectivity index (χ0v) is 14.4. The second-order valence-corrected chi connectivity index (χ2v) is 6.42. The van der Waals surface area contributed by atoms with Gasteiger partial charge in [-0.3, -0.25) is 4.79 Å². The van der Waals surface area contributed by atoms with Crippen LogP contribution in [0.1, 0.15) is 59.9 Å². The lowest BCUT2D eigenvalue weighted by molar-refractivity contribution is -0.141. The summed E-state index contributed by atoms with van der Waals surface area (Å²) in [4.78, 5) is 14.4. The number of carbonyl (C=O) groups excluding carboxylic acids is 1. The molecule has 0 heterocycles. The molecule has 0 aromatic heterocycles. The molecule has 1 aromatic rings. The Labute approximate surface area is 129 Å². The van der Waals surface area contributed by atoms with Gasteiger partial charge in [0, 0.05) is 12.1 Å². The third-order valence-electron chi connectivity index (χ3n) is 3.57. The molecule has 0 fully saturated rings. The van der Waals surface area contributed by atoms with E-state index < -0.39 is 6.10 Å². The molecule has 0 N–H and O–H groups in total. The molecule has 0 radical (unpaired) electrons. The lowest BCUT2D eigenvalue weighted by Crippen LogP contribution is -2.47. The minimum atomic E-state index is -0.473. The molecule has 3 heteroatoms. The highest BCUT2D eigenvalue weighted by molar-refractivity contribution is 5.81. The van der Waals surface area contributed by atoms with Crippen LogP contribution in [0.15, 0.2) is 24.3 Å². The van der Waals surface area contributed by atoms with E-state index in [0.717, 1.165) is 5.75 Å². The van der Waals surface area contributed by atoms with Crippen molar-refractivity contribution >= 4 is 5.91 Å². The summed E-state index contributed by atoms with van der Waals surface area (Å²) in [7, 11) is 0. The van der Waals surface area contributed by atoms with Crippen LogP contribution in [0.25, 0.3) is 0 Å². The van der Waals surface area contributed by atoms with Gasteiger partial charge in [0.25, 0.3) is 5.91 Å². The molecule has 1 unspecified atom stereocenters. The summed E-state index contributed by atoms with van der Waals surface area (Å²) in [6.07, 6.45) is -0.473. The standard InChI is InChI=1S/C18H29NO2/c1-12(2)16-8-10-17(11-9-16)21-15(7)18(20)19(13(3)4)14(5)6/h8-15H,1-7H3. The van der Waals surface area contributed by atoms with Gasteiger partial charge in [-0.05, 0) is 58.2 Å². The van der Waals surface area contributed by atoms with Crippen molar-refractivity contribution in [2.24, 2.45) is 0 Å². The van der Waals surface area contributed by atoms with E-state index >= 15 is 0 Å². The molecular weight excluding hydrogens is 262 g/mol. The van der Waals surface area contributed by atoms with Crippen molar-refractivity contribution in [3.8, 4) is 5.75 Å². The number of hydrogen-bond acceptors (Lipinski definition) is 2. The molecule has 21 heavy (non-hydrogen) atoms. The third-order valence-corrected chi connectivity index (χ3v) is 3.57. The first kappa shape index (κ1) is 17.5. The quantitative estimate of drug-likeness (QED) is 0.785. The van der Waals surface area contributed by atoms with Crippen LogP contribution in [0.5, 0.6) is 5.75 Å². The number of amides is 1. The van der Waals surface area contributed by atoms with E-state index in [1.165, 1.54) is 5.56 Å². The van der Waals surface area contributed by atoms with Crippen LogP contribution in [-0.2, 0) is 4.79 Å². The summed E-state index contributed by atoms with van der Waals surface area (Å²) in [6, 6.07) is 8.33. The Bertz CT molecular complexity index is 441. The molecule has 0 bridgehead atoms. The normalized spacial score (nSPS) is 12.9. The maximum atomic E-state index is 12.5. The highest BCUT2D eigenvalue weighted by atomic mass is 16.5. The second-order valence-electron chi connectivity index (χ2n) is 6.42. The first-order valence-electron chi connectivity index (χ1n) is 7.82. The van der Waals surface area contributed by atoms with E-state index in [1.807, 2.05) is 51.7 Å². The molecule has 1 aromatic carbocycles. The number of benzene rings is 1. The molecule has 0 spiro atoms. The molecule has 0 saturated carbocycles. The largest absolute Gasteiger partial charge is 0.481 e. The molecule has 1 rings (SSSR count). The van der Waals surface area contributed by atoms with Crippen molar-refractivity contribution in [1.29, 1.82) is 0 Å². The number of carbonyl (C=O) groups is 1. The van der Waals surface area contributed by atoms with Crippen molar-refractivity contribution in [1.82, 2.24) is 4.90 Å². The Hall–Kier alpha value is -1.51. The summed E-state index contributed by atoms with van der Waals surface area (Å²) in [5.74, 6) is 1.27. The molecule has 0 aliphatic rings. The summed E-state index contributed by atoms with van der Waals surface area (Å²) >= 11 is 0. The first-order valence-corrected chi connectivity index (χ1v) is 7.82. The van der Waals surface area contributed by atoms with Crippen LogP contribution in [0.2, 0.25) is 0 Å². The molecule has 1 atom stereocenters. The SMILES string of the molecule is CC(Oc1ccc(C(C)C)cc1)C(=O)N(C(C)C)C(C)C. The van der Waals surface area contributed by atoms with Crippen LogP contribution in [0, 0.1) is 0 Å². The van der Waals surface area contributed by atoms with Gasteiger partial charge in [-0.25, -0.2) is 0 Å². The predicted octanol–water partition coefficient (Wildman–Crippen LogP) is 4.22. The van der Waals surface area contributed by atoms with Gasteiger partial charge in [-0.15, -0.1) is 0 Å². The van der Waals surface area contributed by atoms with E-state index in [0.29, 0.717) is 5.92 Å². The maximum Gasteiger partial charge on any atom is 0.263 e. The molecule has 3 nitrogen and oxygen atoms in total. The monoisotopic (exact) mass is 291 g/mol. The van der Waals surface area contributed by atoms with Crippen LogP contribution < -0.4 is 4.74 Å². The number of nitrogens with zero attached hydrogens (tertiary/aromatic N) is 1. The third kappa shape index (κ3) is 4.76. The Morgan fingerprint density at radius 3 is 1.76 bits per heavy atom. The van der Waals surface area contributed by atoms with Crippen molar-refractivity contribution < 1.29 is 9.53 Å². The topological polar surface area (TPSA) is 29.5 Å². The first-order chi connectivity index (χ1) is 9.73. The van der Waals surface area contributed by atoms with E-state index in [-0.39, 0.29) is 18.0 Å². The second kappa shape index (κ2) is 7.48. The van der Waals surface area contributed by atoms with Gasteiger partial charge >= 0.3 is 0 Å². The van der Waals surface area contributed by atoms with Gasteiger partial charge in [-0.1, -0.05) is 26.0 Å². The van der Waals surface area contributed by atoms with Crippen molar-refractivity contribution in [2.45, 2.75) is 72.6 Å². The predicted molar refractivity (Wildman–Crippen MR) is 87.7 cm³/mol. The Morgan fingerprint density at radius 1 is 0.905 bits per heavy atom. The van der Waals surface area contributed by atoms with Crippen molar-refractivity contribution in [2.75, 3.05) is 0 Å². The van der Waals surface area contributed by atoms with E-state index in [4.69, 9.17) is 4.74 Å². The average molecular weight is 291 g/mol. The molecule has 118 valence electrons. The van der Waals surface area contributed by atoms with Crippen LogP contribution >= 0.6 is 0 Å². The maximum absolute atomic E-state index is 12.5. The number of hydrogen-bond donors (Lipinski definition) is 0. The molecule has 1 amide bonds. The van der Waals surface area contributed by atoms with Crippen LogP contribution in [0.3, 0.4) is 0 Å². The number of rotatable bonds is 6. The summed E-state index contributed by atoms with van der Waals surface area (Å²) < 4.78 is 5.80. The van der Waals surface area contributed by atoms with Gasteiger partial charge in [-0.2, -0.15) is 0 Å². The Balaban J connectivity index is 2.75. The van der Waals surface area contributed by atoms with Gasteiger partial charge in [0.1, 0.15) is 5.75 Å². The molecule has 0 saturated heterocycles. The zero-order chi connectivity index (χ0) is 16.2. The molecule has 0 aliphatic carbocycles. The zero-order valence-electron chi connectivity index (χ0n) is 14.4. The van der Waals surface area contributed by atoms with Crippen LogP contribution in [0.4, 0.5) is 0 Å². The minimum Gasteiger partial charge on any atom is -0.481 e. The van der Waals surface area contributed by atoms with E-state index in [1.54, 1.807) is 0 Å². The summed E-state index contributed by atoms with van der Waals surface area (Å²) in [6.45, 7) is 14.3. The molecular formula is C18H29NO2. The van der Waals surface area contributed by atoms with Gasteiger partial charge < -0.3 is 9.64 Å². The smallest absolute Gasteiger partial charge is 0.263 e. The van der Waals surface area contributed by atoms with Gasteiger partial charge in [0.05, 0.1) is 0 Å². The van der Waals surface area contributed by atoms with Crippen molar-refractivity contribution in [3.63, 3.8) is 0 Å². The Morgan fingerprint density at radius 2 is 1.38 bits per heavy atom. The fourth-order valence-corrected chi connectivity index (χ4v) is 2.50. The average Bonchev–Trinajstić information content (AvgIpc) is 2.38. The highest BCUT2D eigenvalue weighted by Gasteiger charge is 2.26. The van der Waals surface area contributed by atoms with Gasteiger partial charge in [0.15, 0.2) is 6.10 Å². The van der Waals surface area contributed by atoms with Gasteiger partial charge in [0.2, 0.25) is 0 Å². The summed E-state index contributed by atoms with van der Waals surface area (Å²) in [5.41, 5.74) is 1.27. The highest BCUT2D eigenvalue weighted by Crippen LogP contribution is 2.20. The summed E-state index contributed by atoms with van der Waals surface area (Å²) in [5, 5.41) is 0. The Kier molecular flexibility index (Phi) is 6.25. The minimum absolute atomic E-state index is 0.0351.